The van der Waals surface area contributed by atoms with Crippen LogP contribution in [0.25, 0.3) is 11.1 Å². The van der Waals surface area contributed by atoms with Gasteiger partial charge >= 0.3 is 5.97 Å². The normalized spacial score (nSPS) is 10.1. The minimum Gasteiger partial charge on any atom is -0.423 e. The molecule has 0 radical (unpaired) electrons. The third-order valence-corrected chi connectivity index (χ3v) is 3.11. The molecule has 0 saturated heterocycles. The Morgan fingerprint density at radius 3 is 1.95 bits per heavy atom. The average Bonchev–Trinajstić information content (AvgIpc) is 2.48. The van der Waals surface area contributed by atoms with Gasteiger partial charge in [0.1, 0.15) is 5.75 Å². The van der Waals surface area contributed by atoms with E-state index in [-0.39, 0.29) is 0 Å². The Bertz CT molecular complexity index is 607. The number of rotatable bonds is 4. The number of esters is 1. The molecule has 0 saturated carbocycles. The summed E-state index contributed by atoms with van der Waals surface area (Å²) in [7, 11) is 0. The van der Waals surface area contributed by atoms with E-state index in [1.54, 1.807) is 19.1 Å². The van der Waals surface area contributed by atoms with Gasteiger partial charge < -0.3 is 4.74 Å². The summed E-state index contributed by atoms with van der Waals surface area (Å²) in [6.45, 7) is 7.33. The number of carbonyl (C=O) groups excluding carboxylic acids is 1. The highest BCUT2D eigenvalue weighted by molar-refractivity contribution is 5.88. The van der Waals surface area contributed by atoms with Crippen LogP contribution >= 0.6 is 0 Å². The lowest BCUT2D eigenvalue weighted by atomic mass is 10.0. The summed E-state index contributed by atoms with van der Waals surface area (Å²) in [4.78, 5) is 11.4. The molecule has 0 N–H and O–H groups in total. The highest BCUT2D eigenvalue weighted by atomic mass is 16.5. The summed E-state index contributed by atoms with van der Waals surface area (Å²) < 4.78 is 5.16. The minimum absolute atomic E-state index is 0.393. The molecule has 0 fully saturated rings. The van der Waals surface area contributed by atoms with Gasteiger partial charge in [-0.3, -0.25) is 0 Å². The van der Waals surface area contributed by atoms with Crippen LogP contribution in [0.4, 0.5) is 0 Å². The summed E-state index contributed by atoms with van der Waals surface area (Å²) in [5, 5.41) is 0. The highest BCUT2D eigenvalue weighted by Crippen LogP contribution is 2.23. The molecule has 2 aromatic rings. The number of carbonyl (C=O) groups is 1. The van der Waals surface area contributed by atoms with E-state index in [1.807, 2.05) is 12.1 Å². The van der Waals surface area contributed by atoms with E-state index < -0.39 is 5.97 Å². The molecule has 0 spiro atoms. The number of ether oxygens (including phenoxy) is 1. The van der Waals surface area contributed by atoms with Crippen molar-refractivity contribution in [1.82, 2.24) is 0 Å². The Hall–Kier alpha value is -2.35. The topological polar surface area (TPSA) is 26.3 Å². The third kappa shape index (κ3) is 3.35. The first-order valence-corrected chi connectivity index (χ1v) is 6.67. The quantitative estimate of drug-likeness (QED) is 0.466. The van der Waals surface area contributed by atoms with Crippen molar-refractivity contribution in [3.8, 4) is 16.9 Å². The van der Waals surface area contributed by atoms with E-state index in [0.717, 1.165) is 17.5 Å². The van der Waals surface area contributed by atoms with Crippen LogP contribution in [0.2, 0.25) is 0 Å². The second-order valence-electron chi connectivity index (χ2n) is 4.74. The summed E-state index contributed by atoms with van der Waals surface area (Å²) in [6, 6.07) is 16.0. The van der Waals surface area contributed by atoms with Gasteiger partial charge in [0.15, 0.2) is 0 Å². The van der Waals surface area contributed by atoms with Crippen molar-refractivity contribution < 1.29 is 9.53 Å². The predicted molar refractivity (Wildman–Crippen MR) is 81.7 cm³/mol. The first kappa shape index (κ1) is 14.1. The monoisotopic (exact) mass is 266 g/mol. The van der Waals surface area contributed by atoms with E-state index in [2.05, 4.69) is 37.8 Å². The average molecular weight is 266 g/mol. The van der Waals surface area contributed by atoms with Crippen molar-refractivity contribution >= 4 is 5.97 Å². The van der Waals surface area contributed by atoms with Gasteiger partial charge in [-0.25, -0.2) is 4.79 Å². The molecule has 0 heterocycles. The Morgan fingerprint density at radius 2 is 1.50 bits per heavy atom. The first-order chi connectivity index (χ1) is 9.60. The molecule has 20 heavy (non-hydrogen) atoms. The summed E-state index contributed by atoms with van der Waals surface area (Å²) in [5.41, 5.74) is 3.97. The fourth-order valence-corrected chi connectivity index (χ4v) is 1.84. The highest BCUT2D eigenvalue weighted by Gasteiger charge is 2.05. The number of benzene rings is 2. The molecule has 2 nitrogen and oxygen atoms in total. The van der Waals surface area contributed by atoms with Gasteiger partial charge in [-0.15, -0.1) is 0 Å². The first-order valence-electron chi connectivity index (χ1n) is 6.67. The molecule has 2 rings (SSSR count). The minimum atomic E-state index is -0.398. The van der Waals surface area contributed by atoms with E-state index in [9.17, 15) is 4.79 Å². The number of hydrogen-bond acceptors (Lipinski definition) is 2. The molecule has 102 valence electrons. The Morgan fingerprint density at radius 1 is 1.00 bits per heavy atom. The predicted octanol–water partition coefficient (Wildman–Crippen LogP) is 4.40. The smallest absolute Gasteiger partial charge is 0.338 e. The van der Waals surface area contributed by atoms with Crippen LogP contribution in [-0.2, 0) is 11.2 Å². The molecule has 0 bridgehead atoms. The van der Waals surface area contributed by atoms with Crippen molar-refractivity contribution in [1.29, 1.82) is 0 Å². The zero-order valence-electron chi connectivity index (χ0n) is 11.8. The Kier molecular flexibility index (Phi) is 4.36. The number of aryl methyl sites for hydroxylation is 1. The van der Waals surface area contributed by atoms with Crippen LogP contribution in [0, 0.1) is 0 Å². The molecule has 0 amide bonds. The molecule has 2 heteroatoms. The third-order valence-electron chi connectivity index (χ3n) is 3.11. The van der Waals surface area contributed by atoms with Crippen LogP contribution < -0.4 is 4.74 Å². The molecule has 0 aliphatic rings. The lowest BCUT2D eigenvalue weighted by molar-refractivity contribution is -0.130. The van der Waals surface area contributed by atoms with E-state index >= 15 is 0 Å². The van der Waals surface area contributed by atoms with E-state index in [0.29, 0.717) is 11.3 Å². The lowest BCUT2D eigenvalue weighted by Crippen LogP contribution is -2.07. The fraction of sp³-hybridized carbons (Fsp3) is 0.167. The summed E-state index contributed by atoms with van der Waals surface area (Å²) in [5.74, 6) is 0.136. The van der Waals surface area contributed by atoms with Gasteiger partial charge in [0.2, 0.25) is 0 Å². The maximum absolute atomic E-state index is 11.4. The van der Waals surface area contributed by atoms with Crippen molar-refractivity contribution in [3.63, 3.8) is 0 Å². The van der Waals surface area contributed by atoms with Crippen LogP contribution in [0.15, 0.2) is 60.7 Å². The Labute approximate surface area is 119 Å². The van der Waals surface area contributed by atoms with Gasteiger partial charge in [-0.05, 0) is 42.2 Å². The molecule has 0 aliphatic carbocycles. The second kappa shape index (κ2) is 6.20. The Balaban J connectivity index is 2.14. The molecule has 0 aromatic heterocycles. The SMILES string of the molecule is C=C(C)C(=O)Oc1ccc(-c2ccc(CC)cc2)cc1. The molecule has 0 atom stereocenters. The lowest BCUT2D eigenvalue weighted by Gasteiger charge is -2.06. The fourth-order valence-electron chi connectivity index (χ4n) is 1.84. The van der Waals surface area contributed by atoms with Crippen LogP contribution in [0.3, 0.4) is 0 Å². The van der Waals surface area contributed by atoms with Crippen LogP contribution in [0.5, 0.6) is 5.75 Å². The maximum Gasteiger partial charge on any atom is 0.338 e. The zero-order valence-corrected chi connectivity index (χ0v) is 11.8. The molecule has 0 aliphatic heterocycles. The van der Waals surface area contributed by atoms with Crippen LogP contribution in [-0.4, -0.2) is 5.97 Å². The number of hydrogen-bond donors (Lipinski definition) is 0. The van der Waals surface area contributed by atoms with Crippen LogP contribution in [0.1, 0.15) is 19.4 Å². The van der Waals surface area contributed by atoms with Crippen molar-refractivity contribution in [2.75, 3.05) is 0 Å². The summed E-state index contributed by atoms with van der Waals surface area (Å²) >= 11 is 0. The molecule has 2 aromatic carbocycles. The maximum atomic E-state index is 11.4. The van der Waals surface area contributed by atoms with E-state index in [4.69, 9.17) is 4.74 Å². The van der Waals surface area contributed by atoms with Crippen molar-refractivity contribution in [3.05, 3.63) is 66.2 Å². The standard InChI is InChI=1S/C18H18O2/c1-4-14-5-7-15(8-6-14)16-9-11-17(12-10-16)20-18(19)13(2)3/h5-12H,2,4H2,1,3H3. The van der Waals surface area contributed by atoms with Gasteiger partial charge in [0.05, 0.1) is 0 Å². The molecule has 0 unspecified atom stereocenters. The zero-order chi connectivity index (χ0) is 14.5. The molecular formula is C18H18O2. The second-order valence-corrected chi connectivity index (χ2v) is 4.74. The van der Waals surface area contributed by atoms with Crippen molar-refractivity contribution in [2.24, 2.45) is 0 Å². The van der Waals surface area contributed by atoms with E-state index in [1.165, 1.54) is 5.56 Å². The van der Waals surface area contributed by atoms with Gasteiger partial charge in [0.25, 0.3) is 0 Å². The van der Waals surface area contributed by atoms with Gasteiger partial charge in [0, 0.05) is 5.57 Å². The largest absolute Gasteiger partial charge is 0.423 e. The van der Waals surface area contributed by atoms with Crippen molar-refractivity contribution in [2.45, 2.75) is 20.3 Å². The van der Waals surface area contributed by atoms with Gasteiger partial charge in [-0.2, -0.15) is 0 Å². The summed E-state index contributed by atoms with van der Waals surface area (Å²) in [6.07, 6.45) is 1.04. The van der Waals surface area contributed by atoms with Gasteiger partial charge in [-0.1, -0.05) is 49.9 Å². The molecular weight excluding hydrogens is 248 g/mol.